The van der Waals surface area contributed by atoms with Crippen molar-refractivity contribution in [1.29, 1.82) is 0 Å². The van der Waals surface area contributed by atoms with Crippen LogP contribution in [0.4, 0.5) is 0 Å². The van der Waals surface area contributed by atoms with E-state index in [4.69, 9.17) is 4.74 Å². The predicted molar refractivity (Wildman–Crippen MR) is 87.0 cm³/mol. The quantitative estimate of drug-likeness (QED) is 0.814. The number of rotatable bonds is 8. The molecule has 2 aromatic rings. The van der Waals surface area contributed by atoms with E-state index in [1.165, 1.54) is 10.4 Å². The van der Waals surface area contributed by atoms with E-state index in [9.17, 15) is 0 Å². The van der Waals surface area contributed by atoms with Crippen molar-refractivity contribution in [3.8, 4) is 5.88 Å². The fourth-order valence-electron chi connectivity index (χ4n) is 2.06. The molecule has 0 aliphatic rings. The Balaban J connectivity index is 1.96. The van der Waals surface area contributed by atoms with Crippen LogP contribution in [0.2, 0.25) is 0 Å². The van der Waals surface area contributed by atoms with Crippen LogP contribution in [0.5, 0.6) is 5.88 Å². The van der Waals surface area contributed by atoms with Gasteiger partial charge in [-0.05, 0) is 31.5 Å². The first-order valence-electron chi connectivity index (χ1n) is 7.45. The van der Waals surface area contributed by atoms with Crippen molar-refractivity contribution >= 4 is 11.3 Å². The molecular weight excluding hydrogens is 282 g/mol. The number of pyridine rings is 1. The van der Waals surface area contributed by atoms with E-state index in [1.54, 1.807) is 11.3 Å². The number of hydrogen-bond acceptors (Lipinski definition) is 5. The Kier molecular flexibility index (Phi) is 6.14. The van der Waals surface area contributed by atoms with E-state index in [0.29, 0.717) is 6.61 Å². The SMILES string of the molecule is CCNCc1cc(CC)nc(OCCc2scnc2C)c1. The maximum atomic E-state index is 5.84. The van der Waals surface area contributed by atoms with E-state index in [1.807, 2.05) is 18.5 Å². The number of nitrogens with zero attached hydrogens (tertiary/aromatic N) is 2. The Morgan fingerprint density at radius 1 is 1.29 bits per heavy atom. The lowest BCUT2D eigenvalue weighted by molar-refractivity contribution is 0.309. The number of ether oxygens (including phenoxy) is 1. The molecule has 2 aromatic heterocycles. The zero-order chi connectivity index (χ0) is 15.1. The monoisotopic (exact) mass is 305 g/mol. The van der Waals surface area contributed by atoms with Gasteiger partial charge in [0.25, 0.3) is 0 Å². The fourth-order valence-corrected chi connectivity index (χ4v) is 2.82. The van der Waals surface area contributed by atoms with Gasteiger partial charge in [0.1, 0.15) is 0 Å². The van der Waals surface area contributed by atoms with Crippen LogP contribution >= 0.6 is 11.3 Å². The van der Waals surface area contributed by atoms with Gasteiger partial charge >= 0.3 is 0 Å². The molecule has 0 atom stereocenters. The molecule has 0 spiro atoms. The van der Waals surface area contributed by atoms with Crippen LogP contribution in [0.3, 0.4) is 0 Å². The van der Waals surface area contributed by atoms with Gasteiger partial charge in [0.2, 0.25) is 5.88 Å². The summed E-state index contributed by atoms with van der Waals surface area (Å²) in [6.07, 6.45) is 1.81. The first kappa shape index (κ1) is 15.9. The van der Waals surface area contributed by atoms with Crippen molar-refractivity contribution in [2.24, 2.45) is 0 Å². The summed E-state index contributed by atoms with van der Waals surface area (Å²) < 4.78 is 5.84. The summed E-state index contributed by atoms with van der Waals surface area (Å²) >= 11 is 1.69. The van der Waals surface area contributed by atoms with Crippen LogP contribution in [-0.2, 0) is 19.4 Å². The van der Waals surface area contributed by atoms with Gasteiger partial charge in [-0.3, -0.25) is 0 Å². The molecule has 0 aliphatic carbocycles. The van der Waals surface area contributed by atoms with Gasteiger partial charge in [0.05, 0.1) is 17.8 Å². The zero-order valence-corrected chi connectivity index (χ0v) is 13.8. The largest absolute Gasteiger partial charge is 0.477 e. The van der Waals surface area contributed by atoms with E-state index in [2.05, 4.69) is 35.2 Å². The number of nitrogens with one attached hydrogen (secondary N) is 1. The lowest BCUT2D eigenvalue weighted by Crippen LogP contribution is -2.13. The fraction of sp³-hybridized carbons (Fsp3) is 0.500. The third-order valence-electron chi connectivity index (χ3n) is 3.28. The highest BCUT2D eigenvalue weighted by Gasteiger charge is 2.05. The topological polar surface area (TPSA) is 47.0 Å². The highest BCUT2D eigenvalue weighted by Crippen LogP contribution is 2.16. The molecular formula is C16H23N3OS. The first-order chi connectivity index (χ1) is 10.2. The van der Waals surface area contributed by atoms with Crippen LogP contribution < -0.4 is 10.1 Å². The predicted octanol–water partition coefficient (Wildman–Crippen LogP) is 3.14. The van der Waals surface area contributed by atoms with E-state index < -0.39 is 0 Å². The average molecular weight is 305 g/mol. The number of aromatic nitrogens is 2. The highest BCUT2D eigenvalue weighted by atomic mass is 32.1. The van der Waals surface area contributed by atoms with Crippen molar-refractivity contribution < 1.29 is 4.74 Å². The molecule has 1 N–H and O–H groups in total. The normalized spacial score (nSPS) is 10.8. The van der Waals surface area contributed by atoms with Gasteiger partial charge in [0.15, 0.2) is 0 Å². The van der Waals surface area contributed by atoms with Crippen LogP contribution in [0, 0.1) is 6.92 Å². The Labute approximate surface area is 130 Å². The summed E-state index contributed by atoms with van der Waals surface area (Å²) in [6, 6.07) is 4.17. The van der Waals surface area contributed by atoms with Crippen LogP contribution in [0.25, 0.3) is 0 Å². The van der Waals surface area contributed by atoms with Gasteiger partial charge < -0.3 is 10.1 Å². The molecule has 0 aromatic carbocycles. The third kappa shape index (κ3) is 4.79. The van der Waals surface area contributed by atoms with Gasteiger partial charge in [-0.1, -0.05) is 13.8 Å². The maximum Gasteiger partial charge on any atom is 0.213 e. The number of hydrogen-bond donors (Lipinski definition) is 1. The summed E-state index contributed by atoms with van der Waals surface area (Å²) in [7, 11) is 0. The van der Waals surface area contributed by atoms with Gasteiger partial charge in [-0.2, -0.15) is 0 Å². The van der Waals surface area contributed by atoms with Gasteiger partial charge in [-0.25, -0.2) is 9.97 Å². The second-order valence-corrected chi connectivity index (χ2v) is 5.84. The minimum absolute atomic E-state index is 0.643. The van der Waals surface area contributed by atoms with Crippen molar-refractivity contribution in [3.05, 3.63) is 39.5 Å². The van der Waals surface area contributed by atoms with Crippen LogP contribution in [0.15, 0.2) is 17.6 Å². The Morgan fingerprint density at radius 3 is 2.81 bits per heavy atom. The van der Waals surface area contributed by atoms with Crippen molar-refractivity contribution in [2.45, 2.75) is 40.2 Å². The van der Waals surface area contributed by atoms with E-state index >= 15 is 0 Å². The Morgan fingerprint density at radius 2 is 2.14 bits per heavy atom. The second kappa shape index (κ2) is 8.10. The lowest BCUT2D eigenvalue weighted by Gasteiger charge is -2.10. The molecule has 0 radical (unpaired) electrons. The van der Waals surface area contributed by atoms with Crippen molar-refractivity contribution in [1.82, 2.24) is 15.3 Å². The lowest BCUT2D eigenvalue weighted by atomic mass is 10.2. The minimum Gasteiger partial charge on any atom is -0.477 e. The third-order valence-corrected chi connectivity index (χ3v) is 4.27. The van der Waals surface area contributed by atoms with Crippen LogP contribution in [0.1, 0.15) is 35.7 Å². The van der Waals surface area contributed by atoms with Gasteiger partial charge in [-0.15, -0.1) is 11.3 Å². The van der Waals surface area contributed by atoms with Gasteiger partial charge in [0, 0.05) is 29.6 Å². The molecule has 0 saturated heterocycles. The Hall–Kier alpha value is -1.46. The highest BCUT2D eigenvalue weighted by molar-refractivity contribution is 7.09. The number of aryl methyl sites for hydroxylation is 2. The van der Waals surface area contributed by atoms with Crippen molar-refractivity contribution in [3.63, 3.8) is 0 Å². The molecule has 4 nitrogen and oxygen atoms in total. The molecule has 2 rings (SSSR count). The van der Waals surface area contributed by atoms with Crippen LogP contribution in [-0.4, -0.2) is 23.1 Å². The molecule has 0 amide bonds. The summed E-state index contributed by atoms with van der Waals surface area (Å²) in [5.41, 5.74) is 5.29. The molecule has 114 valence electrons. The molecule has 0 bridgehead atoms. The molecule has 0 fully saturated rings. The van der Waals surface area contributed by atoms with Crippen molar-refractivity contribution in [2.75, 3.05) is 13.2 Å². The number of thiazole rings is 1. The van der Waals surface area contributed by atoms with E-state index in [0.717, 1.165) is 43.2 Å². The molecule has 0 unspecified atom stereocenters. The second-order valence-electron chi connectivity index (χ2n) is 4.90. The molecule has 0 saturated carbocycles. The molecule has 21 heavy (non-hydrogen) atoms. The van der Waals surface area contributed by atoms with E-state index in [-0.39, 0.29) is 0 Å². The molecule has 2 heterocycles. The smallest absolute Gasteiger partial charge is 0.213 e. The summed E-state index contributed by atoms with van der Waals surface area (Å²) in [5.74, 6) is 0.726. The first-order valence-corrected chi connectivity index (χ1v) is 8.33. The summed E-state index contributed by atoms with van der Waals surface area (Å²) in [4.78, 5) is 10.1. The maximum absolute atomic E-state index is 5.84. The summed E-state index contributed by atoms with van der Waals surface area (Å²) in [5, 5.41) is 3.34. The average Bonchev–Trinajstić information content (AvgIpc) is 2.90. The standard InChI is InChI=1S/C16H23N3OS/c1-4-14-8-13(10-17-5-2)9-16(19-14)20-7-6-15-12(3)18-11-21-15/h8-9,11,17H,4-7,10H2,1-3H3. The minimum atomic E-state index is 0.643. The summed E-state index contributed by atoms with van der Waals surface area (Å²) in [6.45, 7) is 8.72. The molecule has 5 heteroatoms. The zero-order valence-electron chi connectivity index (χ0n) is 13.0. The molecule has 0 aliphatic heterocycles. The Bertz CT molecular complexity index is 568.